The van der Waals surface area contributed by atoms with Gasteiger partial charge in [0.05, 0.1) is 31.8 Å². The molecule has 12 heteroatoms. The zero-order valence-electron chi connectivity index (χ0n) is 26.3. The maximum atomic E-state index is 12.2. The van der Waals surface area contributed by atoms with Crippen LogP contribution in [0.2, 0.25) is 0 Å². The van der Waals surface area contributed by atoms with Crippen LogP contribution >= 0.6 is 0 Å². The molecule has 0 spiro atoms. The normalized spacial score (nSPS) is 22.2. The summed E-state index contributed by atoms with van der Waals surface area (Å²) in [5.74, 6) is -2.65. The lowest BCUT2D eigenvalue weighted by Crippen LogP contribution is -2.39. The number of nitro groups is 1. The molecule has 242 valence electrons. The lowest BCUT2D eigenvalue weighted by Gasteiger charge is -2.37. The van der Waals surface area contributed by atoms with E-state index < -0.39 is 52.3 Å². The summed E-state index contributed by atoms with van der Waals surface area (Å²) in [6, 6.07) is 31.7. The fraction of sp³-hybridized carbons (Fsp3) is 0.343. The fourth-order valence-electron chi connectivity index (χ4n) is 6.44. The first-order valence-electron chi connectivity index (χ1n) is 15.1. The summed E-state index contributed by atoms with van der Waals surface area (Å²) in [4.78, 5) is 19.7. The molecule has 0 amide bonds. The molecule has 0 radical (unpaired) electrons. The van der Waals surface area contributed by atoms with E-state index in [4.69, 9.17) is 28.4 Å². The van der Waals surface area contributed by atoms with Crippen molar-refractivity contribution in [3.8, 4) is 18.0 Å². The number of hydrogen-bond donors (Lipinski definition) is 0. The smallest absolute Gasteiger partial charge is 0.353 e. The van der Waals surface area contributed by atoms with E-state index in [9.17, 15) is 15.4 Å². The van der Waals surface area contributed by atoms with Crippen molar-refractivity contribution < 1.29 is 33.3 Å². The predicted molar refractivity (Wildman–Crippen MR) is 168 cm³/mol. The molecule has 47 heavy (non-hydrogen) atoms. The van der Waals surface area contributed by atoms with Gasteiger partial charge in [-0.3, -0.25) is 10.1 Å². The van der Waals surface area contributed by atoms with E-state index in [2.05, 4.69) is 16.0 Å². The van der Waals surface area contributed by atoms with Gasteiger partial charge in [-0.05, 0) is 30.5 Å². The first-order valence-corrected chi connectivity index (χ1v) is 15.1. The van der Waals surface area contributed by atoms with Gasteiger partial charge in [0.1, 0.15) is 41.6 Å². The van der Waals surface area contributed by atoms with Gasteiger partial charge in [0.15, 0.2) is 5.79 Å². The van der Waals surface area contributed by atoms with Crippen LogP contribution in [0.1, 0.15) is 42.1 Å². The van der Waals surface area contributed by atoms with Crippen LogP contribution in [0, 0.1) is 21.4 Å². The van der Waals surface area contributed by atoms with Crippen molar-refractivity contribution in [2.75, 3.05) is 20.8 Å². The van der Waals surface area contributed by atoms with Crippen LogP contribution < -0.4 is 9.47 Å². The van der Waals surface area contributed by atoms with Crippen molar-refractivity contribution in [2.24, 2.45) is 0 Å². The molecule has 2 aliphatic heterocycles. The molecule has 6 rings (SSSR count). The van der Waals surface area contributed by atoms with E-state index in [1.807, 2.05) is 91.0 Å². The summed E-state index contributed by atoms with van der Waals surface area (Å²) in [6.07, 6.45) is -3.21. The third-order valence-corrected chi connectivity index (χ3v) is 8.37. The number of hydrogen-bond acceptors (Lipinski definition) is 11. The van der Waals surface area contributed by atoms with Gasteiger partial charge in [0.2, 0.25) is 0 Å². The molecule has 0 saturated carbocycles. The molecule has 1 aromatic heterocycles. The molecule has 2 fully saturated rings. The van der Waals surface area contributed by atoms with Crippen molar-refractivity contribution >= 4 is 5.69 Å². The monoisotopic (exact) mass is 638 g/mol. The van der Waals surface area contributed by atoms with Crippen LogP contribution in [-0.4, -0.2) is 65.9 Å². The maximum Gasteiger partial charge on any atom is 0.353 e. The van der Waals surface area contributed by atoms with Gasteiger partial charge in [-0.25, -0.2) is 0 Å². The fourth-order valence-corrected chi connectivity index (χ4v) is 6.44. The number of rotatable bonds is 11. The Balaban J connectivity index is 1.41. The van der Waals surface area contributed by atoms with Crippen LogP contribution in [0.3, 0.4) is 0 Å². The highest BCUT2D eigenvalue weighted by Crippen LogP contribution is 2.47. The highest BCUT2D eigenvalue weighted by Gasteiger charge is 2.59. The lowest BCUT2D eigenvalue weighted by molar-refractivity contribution is -0.387. The Kier molecular flexibility index (Phi) is 8.90. The Morgan fingerprint density at radius 2 is 1.43 bits per heavy atom. The Morgan fingerprint density at radius 3 is 1.89 bits per heavy atom. The highest BCUT2D eigenvalue weighted by molar-refractivity contribution is 5.50. The molecule has 12 nitrogen and oxygen atoms in total. The van der Waals surface area contributed by atoms with Crippen LogP contribution in [0.25, 0.3) is 0 Å². The van der Waals surface area contributed by atoms with Crippen molar-refractivity contribution in [1.29, 1.82) is 5.26 Å². The number of fused-ring (bicyclic) bond motifs is 1. The molecule has 0 N–H and O–H groups in total. The van der Waals surface area contributed by atoms with Crippen molar-refractivity contribution in [2.45, 2.75) is 55.6 Å². The predicted octanol–water partition coefficient (Wildman–Crippen LogP) is 5.31. The molecule has 3 heterocycles. The van der Waals surface area contributed by atoms with Crippen LogP contribution in [-0.2, 0) is 24.5 Å². The summed E-state index contributed by atoms with van der Waals surface area (Å²) in [5, 5.41) is 22.7. The summed E-state index contributed by atoms with van der Waals surface area (Å²) >= 11 is 0. The summed E-state index contributed by atoms with van der Waals surface area (Å²) in [7, 11) is 2.56. The Hall–Kier alpha value is -4.93. The summed E-state index contributed by atoms with van der Waals surface area (Å²) < 4.78 is 36.6. The molecule has 0 bridgehead atoms. The zero-order valence-corrected chi connectivity index (χ0v) is 26.3. The Labute approximate surface area is 272 Å². The molecule has 5 atom stereocenters. The second-order valence-corrected chi connectivity index (χ2v) is 11.6. The van der Waals surface area contributed by atoms with E-state index in [1.165, 1.54) is 14.2 Å². The van der Waals surface area contributed by atoms with Crippen molar-refractivity contribution in [1.82, 2.24) is 9.97 Å². The lowest BCUT2D eigenvalue weighted by atomic mass is 9.80. The SMILES string of the molecule is COc1nc(OC)c([N+](=O)[O-])c([C@@H](C#N)[C@H]2O[C@H](COC(c3ccccc3)(c3ccccc3)c3ccccc3)[C@H]3OC(C)(C)O[C@@H]23)n1. The topological polar surface area (TPSA) is 148 Å². The Bertz CT molecular complexity index is 1650. The van der Waals surface area contributed by atoms with Gasteiger partial charge in [0, 0.05) is 0 Å². The number of benzene rings is 3. The number of aromatic nitrogens is 2. The van der Waals surface area contributed by atoms with Gasteiger partial charge in [0.25, 0.3) is 0 Å². The van der Waals surface area contributed by atoms with E-state index >= 15 is 0 Å². The number of methoxy groups -OCH3 is 2. The maximum absolute atomic E-state index is 12.2. The molecule has 2 aliphatic rings. The minimum Gasteiger partial charge on any atom is -0.476 e. The average molecular weight is 639 g/mol. The molecule has 4 aromatic rings. The van der Waals surface area contributed by atoms with Crippen LogP contribution in [0.15, 0.2) is 91.0 Å². The van der Waals surface area contributed by atoms with Gasteiger partial charge in [-0.2, -0.15) is 15.2 Å². The standard InChI is InChI=1S/C35H34N4O8/c1-34(2)46-30-26(45-29(31(30)47-34)25(20-36)27-28(39(40)41)32(42-3)38-33(37-27)43-4)21-44-35(22-14-8-5-9-15-22,23-16-10-6-11-17-23)24-18-12-7-13-19-24/h5-19,25-26,29-31H,21H2,1-4H3/t25-,26-,29-,30-,31+/m1/s1. The highest BCUT2D eigenvalue weighted by atomic mass is 16.8. The molecule has 2 saturated heterocycles. The molecule has 0 aliphatic carbocycles. The van der Waals surface area contributed by atoms with Gasteiger partial charge >= 0.3 is 17.6 Å². The molecule has 0 unspecified atom stereocenters. The summed E-state index contributed by atoms with van der Waals surface area (Å²) in [6.45, 7) is 3.55. The number of nitrogens with zero attached hydrogens (tertiary/aromatic N) is 4. The first kappa shape index (κ1) is 32.0. The first-order chi connectivity index (χ1) is 22.7. The zero-order chi connectivity index (χ0) is 33.2. The van der Waals surface area contributed by atoms with Crippen LogP contribution in [0.5, 0.6) is 11.9 Å². The quantitative estimate of drug-likeness (QED) is 0.120. The minimum atomic E-state index is -1.28. The Morgan fingerprint density at radius 1 is 0.894 bits per heavy atom. The van der Waals surface area contributed by atoms with Gasteiger partial charge in [-0.15, -0.1) is 0 Å². The second kappa shape index (κ2) is 13.1. The van der Waals surface area contributed by atoms with Gasteiger partial charge in [-0.1, -0.05) is 91.0 Å². The van der Waals surface area contributed by atoms with E-state index in [0.29, 0.717) is 0 Å². The molecular formula is C35H34N4O8. The average Bonchev–Trinajstić information content (AvgIpc) is 3.59. The van der Waals surface area contributed by atoms with Crippen molar-refractivity contribution in [3.05, 3.63) is 123 Å². The van der Waals surface area contributed by atoms with Crippen LogP contribution in [0.4, 0.5) is 5.69 Å². The second-order valence-electron chi connectivity index (χ2n) is 11.6. The minimum absolute atomic E-state index is 0.0203. The van der Waals surface area contributed by atoms with Gasteiger partial charge < -0.3 is 28.4 Å². The van der Waals surface area contributed by atoms with Crippen molar-refractivity contribution in [3.63, 3.8) is 0 Å². The molecular weight excluding hydrogens is 604 g/mol. The van der Waals surface area contributed by atoms with E-state index in [0.717, 1.165) is 16.7 Å². The largest absolute Gasteiger partial charge is 0.476 e. The van der Waals surface area contributed by atoms with E-state index in [1.54, 1.807) is 13.8 Å². The van der Waals surface area contributed by atoms with E-state index in [-0.39, 0.29) is 24.2 Å². The third kappa shape index (κ3) is 5.90. The number of ether oxygens (including phenoxy) is 6. The third-order valence-electron chi connectivity index (χ3n) is 8.37. The number of nitriles is 1. The summed E-state index contributed by atoms with van der Waals surface area (Å²) in [5.41, 5.74) is 0.881. The molecule has 3 aromatic carbocycles.